The van der Waals surface area contributed by atoms with Gasteiger partial charge in [0, 0.05) is 24.7 Å². The van der Waals surface area contributed by atoms with Crippen molar-refractivity contribution in [2.45, 2.75) is 31.2 Å². The highest BCUT2D eigenvalue weighted by Crippen LogP contribution is 2.31. The average Bonchev–Trinajstić information content (AvgIpc) is 2.43. The van der Waals surface area contributed by atoms with Crippen molar-refractivity contribution in [1.29, 1.82) is 0 Å². The van der Waals surface area contributed by atoms with E-state index in [2.05, 4.69) is 9.72 Å². The van der Waals surface area contributed by atoms with Crippen molar-refractivity contribution in [3.05, 3.63) is 30.2 Å². The number of rotatable bonds is 5. The largest absolute Gasteiger partial charge is 0.573 e. The molecule has 4 nitrogen and oxygen atoms in total. The summed E-state index contributed by atoms with van der Waals surface area (Å²) in [7, 11) is 0. The van der Waals surface area contributed by atoms with Crippen LogP contribution in [0.25, 0.3) is 0 Å². The van der Waals surface area contributed by atoms with E-state index in [1.807, 2.05) is 6.92 Å². The molecule has 2 rings (SSSR count). The van der Waals surface area contributed by atoms with Crippen LogP contribution in [0, 0.1) is 11.8 Å². The molecular formula is C15H16F3NO3S. The van der Waals surface area contributed by atoms with Crippen LogP contribution in [0.1, 0.15) is 19.8 Å². The number of aliphatic hydroxyl groups is 1. The lowest BCUT2D eigenvalue weighted by Crippen LogP contribution is -2.22. The molecule has 0 bridgehead atoms. The van der Waals surface area contributed by atoms with Gasteiger partial charge in [0.05, 0.1) is 17.0 Å². The maximum Gasteiger partial charge on any atom is 0.573 e. The van der Waals surface area contributed by atoms with Gasteiger partial charge in [0.2, 0.25) is 0 Å². The second-order valence-electron chi connectivity index (χ2n) is 5.44. The standard InChI is InChI=1S/C15H16F3NO3S/c1-9(10-4-11(20)6-12(21)5-10)8-23-14-3-2-13(7-19-14)22-15(16,17)18/h2-3,6-7,9-10,20H,4-5,8H2,1H3. The molecule has 1 heterocycles. The van der Waals surface area contributed by atoms with Gasteiger partial charge in [-0.15, -0.1) is 24.9 Å². The van der Waals surface area contributed by atoms with Gasteiger partial charge in [-0.3, -0.25) is 4.79 Å². The van der Waals surface area contributed by atoms with Gasteiger partial charge < -0.3 is 9.84 Å². The van der Waals surface area contributed by atoms with Crippen molar-refractivity contribution in [2.75, 3.05) is 5.75 Å². The lowest BCUT2D eigenvalue weighted by Gasteiger charge is -2.25. The van der Waals surface area contributed by atoms with E-state index in [0.29, 0.717) is 23.6 Å². The number of hydrogen-bond donors (Lipinski definition) is 1. The highest BCUT2D eigenvalue weighted by molar-refractivity contribution is 7.99. The van der Waals surface area contributed by atoms with Crippen LogP contribution in [-0.4, -0.2) is 28.0 Å². The minimum absolute atomic E-state index is 0.0628. The molecule has 1 aromatic heterocycles. The zero-order valence-corrected chi connectivity index (χ0v) is 13.2. The Hall–Kier alpha value is -1.70. The lowest BCUT2D eigenvalue weighted by atomic mass is 9.84. The molecule has 0 saturated carbocycles. The van der Waals surface area contributed by atoms with E-state index in [1.165, 1.54) is 30.0 Å². The monoisotopic (exact) mass is 347 g/mol. The Morgan fingerprint density at radius 2 is 2.17 bits per heavy atom. The number of alkyl halides is 3. The molecule has 0 aliphatic heterocycles. The Morgan fingerprint density at radius 3 is 2.74 bits per heavy atom. The van der Waals surface area contributed by atoms with Crippen LogP contribution in [0.4, 0.5) is 13.2 Å². The number of pyridine rings is 1. The van der Waals surface area contributed by atoms with E-state index in [-0.39, 0.29) is 29.1 Å². The molecule has 0 amide bonds. The zero-order chi connectivity index (χ0) is 17.0. The molecule has 0 aromatic carbocycles. The predicted octanol–water partition coefficient (Wildman–Crippen LogP) is 4.13. The van der Waals surface area contributed by atoms with Crippen LogP contribution >= 0.6 is 11.8 Å². The SMILES string of the molecule is CC(CSc1ccc(OC(F)(F)F)cn1)C1CC(=O)C=C(O)C1. The van der Waals surface area contributed by atoms with Crippen molar-refractivity contribution >= 4 is 17.5 Å². The maximum atomic E-state index is 12.1. The topological polar surface area (TPSA) is 59.4 Å². The van der Waals surface area contributed by atoms with Crippen LogP contribution in [0.2, 0.25) is 0 Å². The van der Waals surface area contributed by atoms with E-state index >= 15 is 0 Å². The fourth-order valence-electron chi connectivity index (χ4n) is 2.30. The van der Waals surface area contributed by atoms with E-state index in [4.69, 9.17) is 0 Å². The minimum Gasteiger partial charge on any atom is -0.512 e. The smallest absolute Gasteiger partial charge is 0.512 e. The van der Waals surface area contributed by atoms with Gasteiger partial charge in [0.25, 0.3) is 0 Å². The van der Waals surface area contributed by atoms with Crippen LogP contribution in [0.3, 0.4) is 0 Å². The van der Waals surface area contributed by atoms with Gasteiger partial charge in [-0.2, -0.15) is 0 Å². The van der Waals surface area contributed by atoms with Crippen molar-refractivity contribution in [3.63, 3.8) is 0 Å². The molecule has 1 N–H and O–H groups in total. The van der Waals surface area contributed by atoms with Crippen molar-refractivity contribution < 1.29 is 27.8 Å². The lowest BCUT2D eigenvalue weighted by molar-refractivity contribution is -0.274. The molecule has 1 aliphatic carbocycles. The molecule has 0 fully saturated rings. The molecule has 126 valence electrons. The minimum atomic E-state index is -4.73. The summed E-state index contributed by atoms with van der Waals surface area (Å²) < 4.78 is 39.9. The number of carbonyl (C=O) groups is 1. The molecular weight excluding hydrogens is 331 g/mol. The Kier molecular flexibility index (Phi) is 5.56. The first kappa shape index (κ1) is 17.7. The number of nitrogens with zero attached hydrogens (tertiary/aromatic N) is 1. The molecule has 0 spiro atoms. The molecule has 8 heteroatoms. The maximum absolute atomic E-state index is 12.1. The van der Waals surface area contributed by atoms with Crippen molar-refractivity contribution in [2.24, 2.45) is 11.8 Å². The first-order valence-corrected chi connectivity index (χ1v) is 7.98. The van der Waals surface area contributed by atoms with E-state index in [1.54, 1.807) is 0 Å². The van der Waals surface area contributed by atoms with Gasteiger partial charge >= 0.3 is 6.36 Å². The third-order valence-electron chi connectivity index (χ3n) is 3.50. The number of aliphatic hydroxyl groups excluding tert-OH is 1. The quantitative estimate of drug-likeness (QED) is 0.812. The van der Waals surface area contributed by atoms with Gasteiger partial charge in [-0.25, -0.2) is 4.98 Å². The number of halogens is 3. The summed E-state index contributed by atoms with van der Waals surface area (Å²) in [6.07, 6.45) is -1.57. The van der Waals surface area contributed by atoms with Gasteiger partial charge in [0.1, 0.15) is 5.75 Å². The third-order valence-corrected chi connectivity index (χ3v) is 4.73. The predicted molar refractivity (Wildman–Crippen MR) is 79.3 cm³/mol. The van der Waals surface area contributed by atoms with E-state index in [0.717, 1.165) is 6.20 Å². The zero-order valence-electron chi connectivity index (χ0n) is 12.3. The number of carbonyl (C=O) groups excluding carboxylic acids is 1. The molecule has 0 radical (unpaired) electrons. The first-order valence-electron chi connectivity index (χ1n) is 7.00. The summed E-state index contributed by atoms with van der Waals surface area (Å²) in [5.41, 5.74) is 0. The Bertz CT molecular complexity index is 587. The summed E-state index contributed by atoms with van der Waals surface area (Å²) >= 11 is 1.39. The number of aromatic nitrogens is 1. The third kappa shape index (κ3) is 5.78. The highest BCUT2D eigenvalue weighted by atomic mass is 32.2. The van der Waals surface area contributed by atoms with Gasteiger partial charge in [0.15, 0.2) is 5.78 Å². The number of thioether (sulfide) groups is 1. The average molecular weight is 347 g/mol. The number of allylic oxidation sites excluding steroid dienone is 2. The second kappa shape index (κ2) is 7.25. The summed E-state index contributed by atoms with van der Waals surface area (Å²) in [5.74, 6) is 0.540. The Labute approximate surface area is 135 Å². The molecule has 2 atom stereocenters. The van der Waals surface area contributed by atoms with E-state index in [9.17, 15) is 23.1 Å². The Morgan fingerprint density at radius 1 is 1.43 bits per heavy atom. The second-order valence-corrected chi connectivity index (χ2v) is 6.48. The first-order chi connectivity index (χ1) is 10.7. The highest BCUT2D eigenvalue weighted by Gasteiger charge is 2.31. The van der Waals surface area contributed by atoms with E-state index < -0.39 is 6.36 Å². The van der Waals surface area contributed by atoms with Crippen LogP contribution in [0.15, 0.2) is 35.2 Å². The molecule has 2 unspecified atom stereocenters. The van der Waals surface area contributed by atoms with Crippen LogP contribution < -0.4 is 4.74 Å². The summed E-state index contributed by atoms with van der Waals surface area (Å²) in [5, 5.41) is 10.1. The van der Waals surface area contributed by atoms with Crippen LogP contribution in [-0.2, 0) is 4.79 Å². The van der Waals surface area contributed by atoms with Crippen molar-refractivity contribution in [1.82, 2.24) is 4.98 Å². The van der Waals surface area contributed by atoms with Crippen LogP contribution in [0.5, 0.6) is 5.75 Å². The fourth-order valence-corrected chi connectivity index (χ4v) is 3.30. The summed E-state index contributed by atoms with van der Waals surface area (Å²) in [6.45, 7) is 1.98. The fraction of sp³-hybridized carbons (Fsp3) is 0.467. The number of hydrogen-bond acceptors (Lipinski definition) is 5. The molecule has 0 saturated heterocycles. The molecule has 23 heavy (non-hydrogen) atoms. The van der Waals surface area contributed by atoms with Crippen molar-refractivity contribution in [3.8, 4) is 5.75 Å². The normalized spacial score (nSPS) is 20.1. The van der Waals surface area contributed by atoms with Gasteiger partial charge in [-0.1, -0.05) is 6.92 Å². The Balaban J connectivity index is 1.86. The van der Waals surface area contributed by atoms with Gasteiger partial charge in [-0.05, 0) is 24.0 Å². The molecule has 1 aromatic rings. The molecule has 1 aliphatic rings. The number of ether oxygens (including phenoxy) is 1. The summed E-state index contributed by atoms with van der Waals surface area (Å²) in [4.78, 5) is 15.4. The number of ketones is 1. The summed E-state index contributed by atoms with van der Waals surface area (Å²) in [6, 6.07) is 2.67.